The van der Waals surface area contributed by atoms with E-state index in [0.29, 0.717) is 17.6 Å². The lowest BCUT2D eigenvalue weighted by Gasteiger charge is -2.60. The van der Waals surface area contributed by atoms with E-state index in [4.69, 9.17) is 4.74 Å². The van der Waals surface area contributed by atoms with Crippen molar-refractivity contribution in [1.82, 2.24) is 0 Å². The number of allylic oxidation sites excluding steroid dienone is 1. The molecule has 1 N–H and O–H groups in total. The minimum absolute atomic E-state index is 0.0311. The summed E-state index contributed by atoms with van der Waals surface area (Å²) in [7, 11) is 0. The van der Waals surface area contributed by atoms with Crippen molar-refractivity contribution in [2.24, 2.45) is 52.3 Å². The SMILES string of the molecule is C[C@]12CCC(=O)C=C1[C@@H]1C[C@@H]1[C@H]1[C@@H]3[C@@H]4C[C@@H]4[C@@]4(CCC(O)O4)[C@@]3(C)CC[C@@H]12. The summed E-state index contributed by atoms with van der Waals surface area (Å²) in [4.78, 5) is 12.2. The second-order valence-corrected chi connectivity index (χ2v) is 11.7. The van der Waals surface area contributed by atoms with Gasteiger partial charge in [-0.3, -0.25) is 4.79 Å². The van der Waals surface area contributed by atoms with Gasteiger partial charge in [0.05, 0.1) is 5.60 Å². The third kappa shape index (κ3) is 1.65. The lowest BCUT2D eigenvalue weighted by molar-refractivity contribution is -0.210. The van der Waals surface area contributed by atoms with Gasteiger partial charge in [0.1, 0.15) is 0 Å². The van der Waals surface area contributed by atoms with Gasteiger partial charge in [-0.15, -0.1) is 0 Å². The highest BCUT2D eigenvalue weighted by atomic mass is 16.6. The highest BCUT2D eigenvalue weighted by Gasteiger charge is 2.80. The van der Waals surface area contributed by atoms with Gasteiger partial charge in [0, 0.05) is 18.3 Å². The van der Waals surface area contributed by atoms with Gasteiger partial charge in [-0.1, -0.05) is 19.4 Å². The Morgan fingerprint density at radius 1 is 1.07 bits per heavy atom. The number of ketones is 1. The average Bonchev–Trinajstić information content (AvgIpc) is 3.53. The maximum Gasteiger partial charge on any atom is 0.155 e. The zero-order valence-electron chi connectivity index (χ0n) is 16.6. The molecular weight excluding hydrogens is 336 g/mol. The van der Waals surface area contributed by atoms with Crippen molar-refractivity contribution in [1.29, 1.82) is 0 Å². The summed E-state index contributed by atoms with van der Waals surface area (Å²) in [5.74, 6) is 5.84. The van der Waals surface area contributed by atoms with Crippen molar-refractivity contribution in [3.05, 3.63) is 11.6 Å². The Morgan fingerprint density at radius 3 is 2.70 bits per heavy atom. The molecule has 146 valence electrons. The van der Waals surface area contributed by atoms with E-state index in [1.807, 2.05) is 0 Å². The Balaban J connectivity index is 1.33. The lowest BCUT2D eigenvalue weighted by Crippen LogP contribution is -2.57. The molecule has 1 unspecified atom stereocenters. The van der Waals surface area contributed by atoms with Crippen molar-refractivity contribution < 1.29 is 14.6 Å². The summed E-state index contributed by atoms with van der Waals surface area (Å²) in [6, 6.07) is 0. The highest BCUT2D eigenvalue weighted by Crippen LogP contribution is 2.82. The summed E-state index contributed by atoms with van der Waals surface area (Å²) < 4.78 is 6.41. The largest absolute Gasteiger partial charge is 0.368 e. The van der Waals surface area contributed by atoms with E-state index in [0.717, 1.165) is 55.3 Å². The molecule has 0 amide bonds. The van der Waals surface area contributed by atoms with Gasteiger partial charge in [-0.25, -0.2) is 0 Å². The topological polar surface area (TPSA) is 46.5 Å². The Labute approximate surface area is 161 Å². The molecule has 11 atom stereocenters. The molecule has 3 nitrogen and oxygen atoms in total. The number of carbonyl (C=O) groups is 1. The predicted octanol–water partition coefficient (Wildman–Crippen LogP) is 4.10. The zero-order chi connectivity index (χ0) is 18.3. The van der Waals surface area contributed by atoms with Crippen LogP contribution in [-0.2, 0) is 9.53 Å². The van der Waals surface area contributed by atoms with Crippen LogP contribution < -0.4 is 0 Å². The standard InChI is InChI=1S/C24H32O3/c1-22-6-3-12(25)9-17(22)13-10-14(13)20-16(22)4-7-23(2)21(20)15-11-18(15)24(23)8-5-19(26)27-24/h9,13-16,18-21,26H,3-8,10-11H2,1-2H3/t13-,14+,15-,16+,18+,19?,20-,21+,22-,23+,24+/m1/s1. The first kappa shape index (κ1) is 16.2. The number of aliphatic hydroxyl groups is 1. The molecular formula is C24H32O3. The summed E-state index contributed by atoms with van der Waals surface area (Å²) in [6.45, 7) is 5.04. The van der Waals surface area contributed by atoms with Crippen LogP contribution in [0.15, 0.2) is 11.6 Å². The van der Waals surface area contributed by atoms with Crippen molar-refractivity contribution in [3.8, 4) is 0 Å². The Kier molecular flexibility index (Phi) is 2.73. The minimum Gasteiger partial charge on any atom is -0.368 e. The molecule has 1 aliphatic heterocycles. The highest BCUT2D eigenvalue weighted by molar-refractivity contribution is 5.92. The third-order valence-corrected chi connectivity index (χ3v) is 11.0. The first-order valence-electron chi connectivity index (χ1n) is 11.5. The van der Waals surface area contributed by atoms with E-state index in [1.54, 1.807) is 5.57 Å². The van der Waals surface area contributed by atoms with Gasteiger partial charge < -0.3 is 9.84 Å². The first-order chi connectivity index (χ1) is 12.9. The normalized spacial score (nSPS) is 65.0. The zero-order valence-corrected chi connectivity index (χ0v) is 16.6. The molecule has 1 saturated heterocycles. The Hall–Kier alpha value is -0.670. The van der Waals surface area contributed by atoms with Gasteiger partial charge in [0.2, 0.25) is 0 Å². The van der Waals surface area contributed by atoms with Crippen LogP contribution in [0.5, 0.6) is 0 Å². The Morgan fingerprint density at radius 2 is 1.93 bits per heavy atom. The molecule has 6 fully saturated rings. The van der Waals surface area contributed by atoms with E-state index < -0.39 is 6.29 Å². The molecule has 0 aromatic carbocycles. The fraction of sp³-hybridized carbons (Fsp3) is 0.875. The molecule has 0 aromatic heterocycles. The number of hydrogen-bond acceptors (Lipinski definition) is 3. The average molecular weight is 369 g/mol. The molecule has 1 heterocycles. The van der Waals surface area contributed by atoms with Crippen LogP contribution in [0.2, 0.25) is 0 Å². The fourth-order valence-electron chi connectivity index (χ4n) is 9.88. The molecule has 6 aliphatic carbocycles. The number of ether oxygens (including phenoxy) is 1. The lowest BCUT2D eigenvalue weighted by atomic mass is 9.45. The molecule has 0 bridgehead atoms. The second-order valence-electron chi connectivity index (χ2n) is 11.7. The summed E-state index contributed by atoms with van der Waals surface area (Å²) in [6.07, 6.45) is 10.5. The van der Waals surface area contributed by atoms with Crippen molar-refractivity contribution >= 4 is 5.78 Å². The van der Waals surface area contributed by atoms with Crippen LogP contribution in [0, 0.1) is 52.3 Å². The van der Waals surface area contributed by atoms with Gasteiger partial charge in [0.15, 0.2) is 12.1 Å². The third-order valence-electron chi connectivity index (χ3n) is 11.0. The van der Waals surface area contributed by atoms with Crippen LogP contribution in [-0.4, -0.2) is 22.8 Å². The van der Waals surface area contributed by atoms with Crippen molar-refractivity contribution in [2.75, 3.05) is 0 Å². The van der Waals surface area contributed by atoms with E-state index in [2.05, 4.69) is 19.9 Å². The molecule has 0 aromatic rings. The predicted molar refractivity (Wildman–Crippen MR) is 100 cm³/mol. The maximum absolute atomic E-state index is 12.2. The van der Waals surface area contributed by atoms with E-state index >= 15 is 0 Å². The van der Waals surface area contributed by atoms with Gasteiger partial charge in [-0.05, 0) is 91.4 Å². The summed E-state index contributed by atoms with van der Waals surface area (Å²) in [5, 5.41) is 10.2. The molecule has 27 heavy (non-hydrogen) atoms. The number of carbonyl (C=O) groups excluding carboxylic acids is 1. The van der Waals surface area contributed by atoms with Crippen LogP contribution in [0.4, 0.5) is 0 Å². The molecule has 0 radical (unpaired) electrons. The fourth-order valence-corrected chi connectivity index (χ4v) is 9.88. The van der Waals surface area contributed by atoms with E-state index in [-0.39, 0.29) is 16.4 Å². The molecule has 7 rings (SSSR count). The summed E-state index contributed by atoms with van der Waals surface area (Å²) in [5.41, 5.74) is 2.04. The van der Waals surface area contributed by atoms with Crippen molar-refractivity contribution in [2.45, 2.75) is 77.1 Å². The number of rotatable bonds is 0. The van der Waals surface area contributed by atoms with Crippen LogP contribution in [0.25, 0.3) is 0 Å². The Bertz CT molecular complexity index is 786. The quantitative estimate of drug-likeness (QED) is 0.700. The number of aliphatic hydroxyl groups excluding tert-OH is 1. The van der Waals surface area contributed by atoms with Crippen molar-refractivity contribution in [3.63, 3.8) is 0 Å². The first-order valence-corrected chi connectivity index (χ1v) is 11.5. The van der Waals surface area contributed by atoms with E-state index in [9.17, 15) is 9.90 Å². The van der Waals surface area contributed by atoms with Crippen LogP contribution >= 0.6 is 0 Å². The smallest absolute Gasteiger partial charge is 0.155 e. The molecule has 1 spiro atoms. The minimum atomic E-state index is -0.531. The van der Waals surface area contributed by atoms with Crippen LogP contribution in [0.1, 0.15) is 65.2 Å². The van der Waals surface area contributed by atoms with Gasteiger partial charge in [-0.2, -0.15) is 0 Å². The maximum atomic E-state index is 12.2. The van der Waals surface area contributed by atoms with Gasteiger partial charge in [0.25, 0.3) is 0 Å². The summed E-state index contributed by atoms with van der Waals surface area (Å²) >= 11 is 0. The van der Waals surface area contributed by atoms with Crippen LogP contribution in [0.3, 0.4) is 0 Å². The second kappa shape index (κ2) is 4.56. The molecule has 7 aliphatic rings. The number of hydrogen-bond donors (Lipinski definition) is 1. The van der Waals surface area contributed by atoms with E-state index in [1.165, 1.54) is 25.7 Å². The molecule has 3 heteroatoms. The molecule has 5 saturated carbocycles. The monoisotopic (exact) mass is 368 g/mol. The van der Waals surface area contributed by atoms with Gasteiger partial charge >= 0.3 is 0 Å². The number of fused-ring (bicyclic) bond motifs is 12.